The first-order chi connectivity index (χ1) is 11.9. The van der Waals surface area contributed by atoms with Gasteiger partial charge in [-0.25, -0.2) is 0 Å². The Morgan fingerprint density at radius 3 is 2.92 bits per heavy atom. The van der Waals surface area contributed by atoms with Crippen LogP contribution in [0.2, 0.25) is 0 Å². The maximum absolute atomic E-state index is 12.8. The standard InChI is InChI=1S/C16H14F3N5O/c17-16(18,19)12-4-5-24-13(7-12)22-23-14(24)9-21-15(25)11-3-1-2-10(6-11)8-20/h1-3,6,12H,4-5,7,9H2,(H,21,25)/t12-/m0/s1. The van der Waals surface area contributed by atoms with Gasteiger partial charge in [-0.05, 0) is 24.6 Å². The van der Waals surface area contributed by atoms with Gasteiger partial charge in [0.25, 0.3) is 5.91 Å². The molecule has 2 heterocycles. The summed E-state index contributed by atoms with van der Waals surface area (Å²) in [6.45, 7) is 0.223. The Morgan fingerprint density at radius 2 is 2.20 bits per heavy atom. The molecule has 9 heteroatoms. The van der Waals surface area contributed by atoms with Crippen LogP contribution in [0.15, 0.2) is 24.3 Å². The molecule has 0 fully saturated rings. The van der Waals surface area contributed by atoms with Gasteiger partial charge in [-0.3, -0.25) is 4.79 Å². The lowest BCUT2D eigenvalue weighted by Crippen LogP contribution is -2.32. The number of aromatic nitrogens is 3. The topological polar surface area (TPSA) is 83.6 Å². The molecule has 0 bridgehead atoms. The molecule has 1 amide bonds. The summed E-state index contributed by atoms with van der Waals surface area (Å²) in [5.41, 5.74) is 0.695. The van der Waals surface area contributed by atoms with Crippen molar-refractivity contribution in [2.45, 2.75) is 32.1 Å². The quantitative estimate of drug-likeness (QED) is 0.921. The first-order valence-electron chi connectivity index (χ1n) is 7.64. The maximum Gasteiger partial charge on any atom is 0.392 e. The molecule has 1 aliphatic heterocycles. The number of nitriles is 1. The third-order valence-corrected chi connectivity index (χ3v) is 4.16. The summed E-state index contributed by atoms with van der Waals surface area (Å²) in [5.74, 6) is -1.09. The lowest BCUT2D eigenvalue weighted by atomic mass is 9.97. The van der Waals surface area contributed by atoms with Crippen LogP contribution < -0.4 is 5.32 Å². The van der Waals surface area contributed by atoms with Crippen molar-refractivity contribution in [3.63, 3.8) is 0 Å². The van der Waals surface area contributed by atoms with E-state index in [4.69, 9.17) is 5.26 Å². The predicted octanol–water partition coefficient (Wildman–Crippen LogP) is 2.20. The second-order valence-electron chi connectivity index (χ2n) is 5.79. The molecule has 25 heavy (non-hydrogen) atoms. The van der Waals surface area contributed by atoms with Gasteiger partial charge in [-0.1, -0.05) is 6.07 Å². The van der Waals surface area contributed by atoms with Crippen LogP contribution in [0, 0.1) is 17.2 Å². The van der Waals surface area contributed by atoms with E-state index in [2.05, 4.69) is 15.5 Å². The predicted molar refractivity (Wildman–Crippen MR) is 80.2 cm³/mol. The molecular weight excluding hydrogens is 335 g/mol. The van der Waals surface area contributed by atoms with Crippen LogP contribution in [0.5, 0.6) is 0 Å². The molecule has 6 nitrogen and oxygen atoms in total. The SMILES string of the molecule is N#Cc1cccc(C(=O)NCc2nnc3n2CC[C@H](C(F)(F)F)C3)c1. The Balaban J connectivity index is 1.66. The second-order valence-corrected chi connectivity index (χ2v) is 5.79. The molecule has 1 aromatic carbocycles. The van der Waals surface area contributed by atoms with E-state index in [0.29, 0.717) is 17.0 Å². The second kappa shape index (κ2) is 6.55. The number of nitrogens with zero attached hydrogens (tertiary/aromatic N) is 4. The highest BCUT2D eigenvalue weighted by atomic mass is 19.4. The molecule has 1 N–H and O–H groups in total. The highest BCUT2D eigenvalue weighted by Crippen LogP contribution is 2.34. The molecule has 0 radical (unpaired) electrons. The van der Waals surface area contributed by atoms with E-state index in [1.165, 1.54) is 6.07 Å². The molecule has 3 rings (SSSR count). The van der Waals surface area contributed by atoms with Crippen molar-refractivity contribution in [2.75, 3.05) is 0 Å². The Bertz CT molecular complexity index is 837. The summed E-state index contributed by atoms with van der Waals surface area (Å²) >= 11 is 0. The summed E-state index contributed by atoms with van der Waals surface area (Å²) in [6.07, 6.45) is -4.47. The van der Waals surface area contributed by atoms with Crippen LogP contribution in [0.1, 0.15) is 34.0 Å². The molecule has 0 spiro atoms. The summed E-state index contributed by atoms with van der Waals surface area (Å²) in [5, 5.41) is 19.2. The lowest BCUT2D eigenvalue weighted by molar-refractivity contribution is -0.179. The molecular formula is C16H14F3N5O. The first kappa shape index (κ1) is 17.0. The van der Waals surface area contributed by atoms with Crippen LogP contribution in [-0.4, -0.2) is 26.8 Å². The molecule has 1 aromatic heterocycles. The van der Waals surface area contributed by atoms with E-state index in [1.54, 1.807) is 22.8 Å². The number of carbonyl (C=O) groups is 1. The lowest BCUT2D eigenvalue weighted by Gasteiger charge is -2.25. The van der Waals surface area contributed by atoms with Gasteiger partial charge >= 0.3 is 6.18 Å². The Kier molecular flexibility index (Phi) is 4.44. The number of hydrogen-bond donors (Lipinski definition) is 1. The minimum absolute atomic E-state index is 0.0281. The minimum Gasteiger partial charge on any atom is -0.345 e. The van der Waals surface area contributed by atoms with Crippen molar-refractivity contribution in [2.24, 2.45) is 5.92 Å². The van der Waals surface area contributed by atoms with Gasteiger partial charge in [-0.2, -0.15) is 18.4 Å². The molecule has 130 valence electrons. The molecule has 0 saturated carbocycles. The number of halogens is 3. The van der Waals surface area contributed by atoms with E-state index in [9.17, 15) is 18.0 Å². The van der Waals surface area contributed by atoms with Crippen molar-refractivity contribution in [1.29, 1.82) is 5.26 Å². The van der Waals surface area contributed by atoms with Crippen LogP contribution in [0.25, 0.3) is 0 Å². The number of amides is 1. The maximum atomic E-state index is 12.8. The van der Waals surface area contributed by atoms with Gasteiger partial charge in [0, 0.05) is 18.5 Å². The fraction of sp³-hybridized carbons (Fsp3) is 0.375. The molecule has 0 saturated heterocycles. The highest BCUT2D eigenvalue weighted by Gasteiger charge is 2.42. The number of carbonyl (C=O) groups excluding carboxylic acids is 1. The van der Waals surface area contributed by atoms with Crippen LogP contribution in [-0.2, 0) is 19.5 Å². The minimum atomic E-state index is -4.24. The van der Waals surface area contributed by atoms with E-state index < -0.39 is 18.0 Å². The van der Waals surface area contributed by atoms with Crippen LogP contribution >= 0.6 is 0 Å². The van der Waals surface area contributed by atoms with E-state index in [-0.39, 0.29) is 31.8 Å². The van der Waals surface area contributed by atoms with E-state index >= 15 is 0 Å². The zero-order chi connectivity index (χ0) is 18.0. The number of nitrogens with one attached hydrogen (secondary N) is 1. The summed E-state index contributed by atoms with van der Waals surface area (Å²) in [6, 6.07) is 8.17. The normalized spacial score (nSPS) is 16.8. The molecule has 2 aromatic rings. The largest absolute Gasteiger partial charge is 0.392 e. The number of alkyl halides is 3. The number of fused-ring (bicyclic) bond motifs is 1. The molecule has 1 atom stereocenters. The van der Waals surface area contributed by atoms with Gasteiger partial charge < -0.3 is 9.88 Å². The Hall–Kier alpha value is -2.89. The Labute approximate surface area is 141 Å². The van der Waals surface area contributed by atoms with Gasteiger partial charge in [-0.15, -0.1) is 10.2 Å². The smallest absolute Gasteiger partial charge is 0.345 e. The highest BCUT2D eigenvalue weighted by molar-refractivity contribution is 5.94. The van der Waals surface area contributed by atoms with Crippen LogP contribution in [0.3, 0.4) is 0 Å². The number of rotatable bonds is 3. The van der Waals surface area contributed by atoms with E-state index in [1.807, 2.05) is 6.07 Å². The van der Waals surface area contributed by atoms with Crippen molar-refractivity contribution in [3.8, 4) is 6.07 Å². The molecule has 1 aliphatic rings. The zero-order valence-electron chi connectivity index (χ0n) is 13.0. The number of hydrogen-bond acceptors (Lipinski definition) is 4. The summed E-state index contributed by atoms with van der Waals surface area (Å²) < 4.78 is 40.0. The van der Waals surface area contributed by atoms with Crippen molar-refractivity contribution < 1.29 is 18.0 Å². The average Bonchev–Trinajstić information content (AvgIpc) is 3.01. The third-order valence-electron chi connectivity index (χ3n) is 4.16. The van der Waals surface area contributed by atoms with Crippen molar-refractivity contribution in [1.82, 2.24) is 20.1 Å². The van der Waals surface area contributed by atoms with E-state index in [0.717, 1.165) is 0 Å². The fourth-order valence-corrected chi connectivity index (χ4v) is 2.79. The first-order valence-corrected chi connectivity index (χ1v) is 7.64. The van der Waals surface area contributed by atoms with Gasteiger partial charge in [0.15, 0.2) is 5.82 Å². The Morgan fingerprint density at radius 1 is 1.40 bits per heavy atom. The average molecular weight is 349 g/mol. The van der Waals surface area contributed by atoms with Gasteiger partial charge in [0.1, 0.15) is 5.82 Å². The zero-order valence-corrected chi connectivity index (χ0v) is 13.0. The summed E-state index contributed by atoms with van der Waals surface area (Å²) in [7, 11) is 0. The molecule has 0 unspecified atom stereocenters. The summed E-state index contributed by atoms with van der Waals surface area (Å²) in [4.78, 5) is 12.1. The van der Waals surface area contributed by atoms with Gasteiger partial charge in [0.2, 0.25) is 0 Å². The third kappa shape index (κ3) is 3.63. The molecule has 0 aliphatic carbocycles. The van der Waals surface area contributed by atoms with Crippen LogP contribution in [0.4, 0.5) is 13.2 Å². The fourth-order valence-electron chi connectivity index (χ4n) is 2.79. The number of benzene rings is 1. The van der Waals surface area contributed by atoms with Gasteiger partial charge in [0.05, 0.1) is 24.1 Å². The van der Waals surface area contributed by atoms with Crippen molar-refractivity contribution in [3.05, 3.63) is 47.0 Å². The van der Waals surface area contributed by atoms with Crippen molar-refractivity contribution >= 4 is 5.91 Å². The monoisotopic (exact) mass is 349 g/mol.